The van der Waals surface area contributed by atoms with Crippen molar-refractivity contribution < 1.29 is 16.8 Å². The highest BCUT2D eigenvalue weighted by Crippen LogP contribution is 2.30. The molecule has 1 N–H and O–H groups in total. The standard InChI is InChI=1S/C14H21NO4S2/c1-3-21(18,19)14-9-5-4-7-12(14)15-11-8-6-10-13(11)20(2,16)17/h4-5,7,9,11,13,15H,3,6,8,10H2,1-2H3. The minimum atomic E-state index is -3.34. The number of hydrogen-bond acceptors (Lipinski definition) is 5. The summed E-state index contributed by atoms with van der Waals surface area (Å²) in [5.74, 6) is 0.0197. The molecule has 1 aromatic rings. The molecule has 7 heteroatoms. The van der Waals surface area contributed by atoms with Crippen LogP contribution in [0.15, 0.2) is 29.2 Å². The molecule has 2 unspecified atom stereocenters. The van der Waals surface area contributed by atoms with E-state index in [4.69, 9.17) is 0 Å². The van der Waals surface area contributed by atoms with E-state index in [1.54, 1.807) is 31.2 Å². The van der Waals surface area contributed by atoms with Crippen LogP contribution >= 0.6 is 0 Å². The van der Waals surface area contributed by atoms with E-state index < -0.39 is 24.9 Å². The normalized spacial score (nSPS) is 23.1. The van der Waals surface area contributed by atoms with Crippen molar-refractivity contribution in [3.63, 3.8) is 0 Å². The smallest absolute Gasteiger partial charge is 0.180 e. The van der Waals surface area contributed by atoms with E-state index in [-0.39, 0.29) is 16.7 Å². The molecular formula is C14H21NO4S2. The summed E-state index contributed by atoms with van der Waals surface area (Å²) in [6, 6.07) is 6.46. The summed E-state index contributed by atoms with van der Waals surface area (Å²) < 4.78 is 47.9. The summed E-state index contributed by atoms with van der Waals surface area (Å²) in [4.78, 5) is 0.242. The molecule has 0 aliphatic heterocycles. The Morgan fingerprint density at radius 2 is 1.81 bits per heavy atom. The van der Waals surface area contributed by atoms with Gasteiger partial charge in [0.2, 0.25) is 0 Å². The van der Waals surface area contributed by atoms with Crippen LogP contribution in [0.2, 0.25) is 0 Å². The van der Waals surface area contributed by atoms with Gasteiger partial charge < -0.3 is 5.32 Å². The third kappa shape index (κ3) is 3.58. The Morgan fingerprint density at radius 3 is 2.43 bits per heavy atom. The van der Waals surface area contributed by atoms with Crippen molar-refractivity contribution in [2.24, 2.45) is 0 Å². The maximum atomic E-state index is 12.1. The van der Waals surface area contributed by atoms with E-state index in [9.17, 15) is 16.8 Å². The zero-order chi connectivity index (χ0) is 15.7. The van der Waals surface area contributed by atoms with E-state index in [0.717, 1.165) is 12.8 Å². The zero-order valence-corrected chi connectivity index (χ0v) is 13.9. The van der Waals surface area contributed by atoms with Crippen molar-refractivity contribution in [2.45, 2.75) is 42.4 Å². The Balaban J connectivity index is 2.33. The van der Waals surface area contributed by atoms with Gasteiger partial charge in [0, 0.05) is 12.3 Å². The summed E-state index contributed by atoms with van der Waals surface area (Å²) in [5, 5.41) is 2.70. The maximum absolute atomic E-state index is 12.1. The summed E-state index contributed by atoms with van der Waals surface area (Å²) in [6.07, 6.45) is 3.43. The first-order valence-corrected chi connectivity index (χ1v) is 10.6. The molecule has 1 aliphatic carbocycles. The molecule has 1 saturated carbocycles. The van der Waals surface area contributed by atoms with Gasteiger partial charge >= 0.3 is 0 Å². The SMILES string of the molecule is CCS(=O)(=O)c1ccccc1NC1CCCC1S(C)(=O)=O. The van der Waals surface area contributed by atoms with E-state index in [0.29, 0.717) is 12.1 Å². The van der Waals surface area contributed by atoms with Crippen molar-refractivity contribution in [2.75, 3.05) is 17.3 Å². The van der Waals surface area contributed by atoms with Crippen molar-refractivity contribution >= 4 is 25.4 Å². The minimum absolute atomic E-state index is 0.0197. The molecular weight excluding hydrogens is 310 g/mol. The zero-order valence-electron chi connectivity index (χ0n) is 12.2. The summed E-state index contributed by atoms with van der Waals surface area (Å²) in [5.41, 5.74) is 0.500. The number of rotatable bonds is 5. The van der Waals surface area contributed by atoms with Crippen molar-refractivity contribution in [3.05, 3.63) is 24.3 Å². The highest BCUT2D eigenvalue weighted by Gasteiger charge is 2.35. The second kappa shape index (κ2) is 5.96. The van der Waals surface area contributed by atoms with Crippen LogP contribution in [-0.2, 0) is 19.7 Å². The largest absolute Gasteiger partial charge is 0.380 e. The van der Waals surface area contributed by atoms with Gasteiger partial charge in [-0.05, 0) is 31.4 Å². The number of hydrogen-bond donors (Lipinski definition) is 1. The van der Waals surface area contributed by atoms with E-state index >= 15 is 0 Å². The van der Waals surface area contributed by atoms with Crippen LogP contribution in [0.5, 0.6) is 0 Å². The average Bonchev–Trinajstić information content (AvgIpc) is 2.87. The monoisotopic (exact) mass is 331 g/mol. The molecule has 5 nitrogen and oxygen atoms in total. The van der Waals surface area contributed by atoms with Gasteiger partial charge in [0.15, 0.2) is 19.7 Å². The lowest BCUT2D eigenvalue weighted by molar-refractivity contribution is 0.579. The van der Waals surface area contributed by atoms with Crippen LogP contribution < -0.4 is 5.32 Å². The van der Waals surface area contributed by atoms with Gasteiger partial charge in [-0.2, -0.15) is 0 Å². The molecule has 0 saturated heterocycles. The second-order valence-corrected chi connectivity index (χ2v) is 9.96. The Morgan fingerprint density at radius 1 is 1.14 bits per heavy atom. The molecule has 1 aliphatic rings. The molecule has 0 heterocycles. The number of anilines is 1. The minimum Gasteiger partial charge on any atom is -0.380 e. The van der Waals surface area contributed by atoms with Gasteiger partial charge in [-0.25, -0.2) is 16.8 Å². The van der Waals surface area contributed by atoms with E-state index in [1.165, 1.54) is 6.26 Å². The predicted octanol–water partition coefficient (Wildman–Crippen LogP) is 1.86. The Labute approximate surface area is 126 Å². The summed E-state index contributed by atoms with van der Waals surface area (Å²) in [7, 11) is -6.47. The van der Waals surface area contributed by atoms with Gasteiger partial charge in [-0.3, -0.25) is 0 Å². The van der Waals surface area contributed by atoms with Gasteiger partial charge in [0.25, 0.3) is 0 Å². The highest BCUT2D eigenvalue weighted by atomic mass is 32.2. The first-order chi connectivity index (χ1) is 9.75. The van der Waals surface area contributed by atoms with Crippen LogP contribution in [0.4, 0.5) is 5.69 Å². The molecule has 0 aromatic heterocycles. The Bertz CT molecular complexity index is 710. The maximum Gasteiger partial charge on any atom is 0.180 e. The first-order valence-electron chi connectivity index (χ1n) is 7.03. The van der Waals surface area contributed by atoms with Crippen LogP contribution in [-0.4, -0.2) is 40.1 Å². The second-order valence-electron chi connectivity index (χ2n) is 5.45. The molecule has 0 radical (unpaired) electrons. The lowest BCUT2D eigenvalue weighted by Gasteiger charge is -2.22. The van der Waals surface area contributed by atoms with Crippen molar-refractivity contribution in [1.29, 1.82) is 0 Å². The summed E-state index contributed by atoms with van der Waals surface area (Å²) in [6.45, 7) is 1.60. The predicted molar refractivity (Wildman–Crippen MR) is 84.1 cm³/mol. The number of sulfone groups is 2. The highest BCUT2D eigenvalue weighted by molar-refractivity contribution is 7.91. The third-order valence-electron chi connectivity index (χ3n) is 3.95. The van der Waals surface area contributed by atoms with Crippen LogP contribution in [0.25, 0.3) is 0 Å². The average molecular weight is 331 g/mol. The fourth-order valence-electron chi connectivity index (χ4n) is 2.82. The van der Waals surface area contributed by atoms with E-state index in [1.807, 2.05) is 0 Å². The Hall–Kier alpha value is -1.08. The van der Waals surface area contributed by atoms with Crippen molar-refractivity contribution in [1.82, 2.24) is 0 Å². The van der Waals surface area contributed by atoms with Gasteiger partial charge in [-0.15, -0.1) is 0 Å². The molecule has 1 fully saturated rings. The van der Waals surface area contributed by atoms with E-state index in [2.05, 4.69) is 5.32 Å². The molecule has 2 rings (SSSR count). The lowest BCUT2D eigenvalue weighted by Crippen LogP contribution is -2.34. The molecule has 0 amide bonds. The molecule has 0 spiro atoms. The summed E-state index contributed by atoms with van der Waals surface area (Å²) >= 11 is 0. The fourth-order valence-corrected chi connectivity index (χ4v) is 5.27. The van der Waals surface area contributed by atoms with Crippen molar-refractivity contribution in [3.8, 4) is 0 Å². The van der Waals surface area contributed by atoms with Gasteiger partial charge in [0.1, 0.15) is 0 Å². The Kier molecular flexibility index (Phi) is 4.63. The lowest BCUT2D eigenvalue weighted by atomic mass is 10.2. The number of nitrogens with one attached hydrogen (secondary N) is 1. The van der Waals surface area contributed by atoms with Crippen LogP contribution in [0, 0.1) is 0 Å². The topological polar surface area (TPSA) is 80.3 Å². The molecule has 118 valence electrons. The molecule has 2 atom stereocenters. The molecule has 0 bridgehead atoms. The molecule has 1 aromatic carbocycles. The van der Waals surface area contributed by atoms with Gasteiger partial charge in [-0.1, -0.05) is 19.1 Å². The quantitative estimate of drug-likeness (QED) is 0.891. The first kappa shape index (κ1) is 16.3. The van der Waals surface area contributed by atoms with Gasteiger partial charge in [0.05, 0.1) is 21.6 Å². The number of para-hydroxylation sites is 1. The van der Waals surface area contributed by atoms with Crippen LogP contribution in [0.3, 0.4) is 0 Å². The fraction of sp³-hybridized carbons (Fsp3) is 0.571. The molecule has 21 heavy (non-hydrogen) atoms. The number of benzene rings is 1. The van der Waals surface area contributed by atoms with Crippen LogP contribution in [0.1, 0.15) is 26.2 Å². The third-order valence-corrected chi connectivity index (χ3v) is 7.40.